The first-order valence-corrected chi connectivity index (χ1v) is 15.8. The number of nitriles is 1. The second-order valence-corrected chi connectivity index (χ2v) is 12.3. The lowest BCUT2D eigenvalue weighted by atomic mass is 9.95. The number of hydrogen-bond acceptors (Lipinski definition) is 7. The minimum atomic E-state index is -0.697. The van der Waals surface area contributed by atoms with E-state index in [4.69, 9.17) is 14.5 Å². The summed E-state index contributed by atoms with van der Waals surface area (Å²) in [7, 11) is 1.59. The Morgan fingerprint density at radius 1 is 1.00 bits per heavy atom. The van der Waals surface area contributed by atoms with E-state index in [1.54, 1.807) is 24.7 Å². The summed E-state index contributed by atoms with van der Waals surface area (Å²) in [5, 5.41) is 12.4. The SMILES string of the molecule is COc1ccc([C@H]2C(C(=O)Nc3ccc(C)cc3C)=C(C)N=c3s/c(=C/c4ccc(OCc5ccccc5C#N)cc4)c(=O)n32)cc1. The Morgan fingerprint density at radius 3 is 2.43 bits per heavy atom. The van der Waals surface area contributed by atoms with Crippen molar-refractivity contribution in [1.82, 2.24) is 4.57 Å². The average Bonchev–Trinajstić information content (AvgIpc) is 3.38. The van der Waals surface area contributed by atoms with Gasteiger partial charge in [0.25, 0.3) is 11.5 Å². The molecular formula is C38H32N4O4S. The fraction of sp³-hybridized carbons (Fsp3) is 0.158. The summed E-state index contributed by atoms with van der Waals surface area (Å²) >= 11 is 1.28. The first-order valence-electron chi connectivity index (χ1n) is 15.0. The van der Waals surface area contributed by atoms with Crippen molar-refractivity contribution in [3.05, 3.63) is 155 Å². The zero-order valence-corrected chi connectivity index (χ0v) is 27.2. The van der Waals surface area contributed by atoms with Crippen LogP contribution in [0.2, 0.25) is 0 Å². The van der Waals surface area contributed by atoms with Crippen LogP contribution in [0, 0.1) is 25.2 Å². The molecule has 4 aromatic carbocycles. The fourth-order valence-corrected chi connectivity index (χ4v) is 6.63. The number of carbonyl (C=O) groups is 1. The largest absolute Gasteiger partial charge is 0.497 e. The maximum Gasteiger partial charge on any atom is 0.271 e. The van der Waals surface area contributed by atoms with E-state index in [-0.39, 0.29) is 18.1 Å². The maximum atomic E-state index is 14.1. The van der Waals surface area contributed by atoms with Crippen molar-refractivity contribution in [3.63, 3.8) is 0 Å². The third-order valence-electron chi connectivity index (χ3n) is 8.04. The number of hydrogen-bond donors (Lipinski definition) is 1. The monoisotopic (exact) mass is 640 g/mol. The van der Waals surface area contributed by atoms with Crippen LogP contribution in [0.4, 0.5) is 5.69 Å². The van der Waals surface area contributed by atoms with Gasteiger partial charge in [-0.1, -0.05) is 71.5 Å². The Hall–Kier alpha value is -5.72. The molecule has 0 bridgehead atoms. The normalized spacial score (nSPS) is 14.2. The van der Waals surface area contributed by atoms with Crippen molar-refractivity contribution in [2.45, 2.75) is 33.4 Å². The highest BCUT2D eigenvalue weighted by Gasteiger charge is 2.32. The molecule has 0 radical (unpaired) electrons. The summed E-state index contributed by atoms with van der Waals surface area (Å²) in [6.07, 6.45) is 1.82. The van der Waals surface area contributed by atoms with Crippen molar-refractivity contribution >= 4 is 29.0 Å². The number of aryl methyl sites for hydroxylation is 2. The zero-order chi connectivity index (χ0) is 33.1. The highest BCUT2D eigenvalue weighted by atomic mass is 32.1. The Morgan fingerprint density at radius 2 is 1.72 bits per heavy atom. The van der Waals surface area contributed by atoms with Gasteiger partial charge in [0.2, 0.25) is 0 Å². The molecule has 0 saturated heterocycles. The number of nitrogens with zero attached hydrogens (tertiary/aromatic N) is 3. The third-order valence-corrected chi connectivity index (χ3v) is 9.02. The van der Waals surface area contributed by atoms with Gasteiger partial charge in [-0.2, -0.15) is 5.26 Å². The number of benzene rings is 4. The molecule has 0 spiro atoms. The molecule has 8 nitrogen and oxygen atoms in total. The van der Waals surface area contributed by atoms with Gasteiger partial charge in [0.1, 0.15) is 18.1 Å². The van der Waals surface area contributed by atoms with Crippen LogP contribution in [-0.2, 0) is 11.4 Å². The standard InChI is InChI=1S/C38H32N4O4S/c1-23-9-18-32(24(2)19-23)41-36(43)34-25(3)40-38-42(35(34)27-12-16-30(45-4)17-13-27)37(44)33(47-38)20-26-10-14-31(15-11-26)46-22-29-8-6-5-7-28(29)21-39/h5-20,35H,22H2,1-4H3,(H,41,43)/b33-20+/t35-/m0/s1. The van der Waals surface area contributed by atoms with Crippen molar-refractivity contribution < 1.29 is 14.3 Å². The molecule has 0 unspecified atom stereocenters. The lowest BCUT2D eigenvalue weighted by Crippen LogP contribution is -2.40. The first kappa shape index (κ1) is 31.3. The van der Waals surface area contributed by atoms with Gasteiger partial charge in [0.05, 0.1) is 40.6 Å². The lowest BCUT2D eigenvalue weighted by molar-refractivity contribution is -0.113. The molecule has 1 amide bonds. The van der Waals surface area contributed by atoms with Crippen LogP contribution in [0.3, 0.4) is 0 Å². The number of anilines is 1. The van der Waals surface area contributed by atoms with Crippen LogP contribution in [0.15, 0.2) is 112 Å². The van der Waals surface area contributed by atoms with E-state index >= 15 is 0 Å². The molecule has 2 heterocycles. The number of carbonyl (C=O) groups excluding carboxylic acids is 1. The van der Waals surface area contributed by atoms with Crippen molar-refractivity contribution in [2.75, 3.05) is 12.4 Å². The van der Waals surface area contributed by atoms with Gasteiger partial charge < -0.3 is 14.8 Å². The molecule has 1 aliphatic heterocycles. The molecule has 1 atom stereocenters. The Labute approximate surface area is 276 Å². The van der Waals surface area contributed by atoms with Gasteiger partial charge in [-0.05, 0) is 79.9 Å². The van der Waals surface area contributed by atoms with Crippen molar-refractivity contribution in [3.8, 4) is 17.6 Å². The van der Waals surface area contributed by atoms with Gasteiger partial charge in [0.15, 0.2) is 4.80 Å². The van der Waals surface area contributed by atoms with Crippen LogP contribution in [-0.4, -0.2) is 17.6 Å². The summed E-state index contributed by atoms with van der Waals surface area (Å²) in [6.45, 7) is 6.03. The number of nitrogens with one attached hydrogen (secondary N) is 1. The van der Waals surface area contributed by atoms with Crippen LogP contribution < -0.4 is 29.7 Å². The number of ether oxygens (including phenoxy) is 2. The van der Waals surface area contributed by atoms with Gasteiger partial charge in [0, 0.05) is 11.3 Å². The van der Waals surface area contributed by atoms with E-state index in [0.717, 1.165) is 27.8 Å². The van der Waals surface area contributed by atoms with E-state index in [9.17, 15) is 14.9 Å². The van der Waals surface area contributed by atoms with Crippen molar-refractivity contribution in [2.24, 2.45) is 4.99 Å². The van der Waals surface area contributed by atoms with E-state index < -0.39 is 6.04 Å². The first-order chi connectivity index (χ1) is 22.7. The van der Waals surface area contributed by atoms with E-state index in [1.807, 2.05) is 105 Å². The molecule has 0 fully saturated rings. The predicted molar refractivity (Wildman–Crippen MR) is 183 cm³/mol. The summed E-state index contributed by atoms with van der Waals surface area (Å²) in [5.41, 5.74) is 6.40. The molecule has 0 aliphatic carbocycles. The number of methoxy groups -OCH3 is 1. The molecule has 9 heteroatoms. The Balaban J connectivity index is 1.35. The Bertz CT molecular complexity index is 2240. The van der Waals surface area contributed by atoms with Crippen LogP contribution in [0.5, 0.6) is 11.5 Å². The summed E-state index contributed by atoms with van der Waals surface area (Å²) in [6, 6.07) is 29.5. The van der Waals surface area contributed by atoms with E-state index in [0.29, 0.717) is 43.4 Å². The summed E-state index contributed by atoms with van der Waals surface area (Å²) in [5.74, 6) is 0.997. The minimum Gasteiger partial charge on any atom is -0.497 e. The van der Waals surface area contributed by atoms with Gasteiger partial charge >= 0.3 is 0 Å². The average molecular weight is 641 g/mol. The second kappa shape index (κ2) is 13.3. The van der Waals surface area contributed by atoms with Crippen molar-refractivity contribution in [1.29, 1.82) is 5.26 Å². The minimum absolute atomic E-state index is 0.243. The number of aromatic nitrogens is 1. The second-order valence-electron chi connectivity index (χ2n) is 11.3. The molecule has 6 rings (SSSR count). The van der Waals surface area contributed by atoms with E-state index in [2.05, 4.69) is 11.4 Å². The fourth-order valence-electron chi connectivity index (χ4n) is 5.58. The highest BCUT2D eigenvalue weighted by Crippen LogP contribution is 2.32. The Kier molecular flexibility index (Phi) is 8.87. The molecule has 1 aromatic heterocycles. The molecule has 47 heavy (non-hydrogen) atoms. The van der Waals surface area contributed by atoms with Crippen LogP contribution in [0.25, 0.3) is 6.08 Å². The number of rotatable bonds is 8. The van der Waals surface area contributed by atoms with Crippen LogP contribution in [0.1, 0.15) is 46.3 Å². The topological polar surface area (TPSA) is 106 Å². The number of thiazole rings is 1. The van der Waals surface area contributed by atoms with E-state index in [1.165, 1.54) is 11.3 Å². The molecule has 5 aromatic rings. The number of allylic oxidation sites excluding steroid dienone is 1. The highest BCUT2D eigenvalue weighted by molar-refractivity contribution is 7.07. The van der Waals surface area contributed by atoms with Gasteiger partial charge in [-0.15, -0.1) is 0 Å². The predicted octanol–water partition coefficient (Wildman–Crippen LogP) is 5.95. The zero-order valence-electron chi connectivity index (χ0n) is 26.4. The molecule has 0 saturated carbocycles. The molecule has 234 valence electrons. The molecule has 1 aliphatic rings. The van der Waals surface area contributed by atoms with Gasteiger partial charge in [-0.25, -0.2) is 4.99 Å². The van der Waals surface area contributed by atoms with Crippen LogP contribution >= 0.6 is 11.3 Å². The smallest absolute Gasteiger partial charge is 0.271 e. The number of fused-ring (bicyclic) bond motifs is 1. The number of amides is 1. The summed E-state index contributed by atoms with van der Waals surface area (Å²) in [4.78, 5) is 33.3. The van der Waals surface area contributed by atoms with Gasteiger partial charge in [-0.3, -0.25) is 14.2 Å². The maximum absolute atomic E-state index is 14.1. The molecular weight excluding hydrogens is 609 g/mol. The third kappa shape index (κ3) is 6.50. The lowest BCUT2D eigenvalue weighted by Gasteiger charge is -2.25. The quantitative estimate of drug-likeness (QED) is 0.226. The molecule has 1 N–H and O–H groups in total. The summed E-state index contributed by atoms with van der Waals surface area (Å²) < 4.78 is 13.4.